The molecular formula is C22H20ClN3O3S. The second kappa shape index (κ2) is 10.1. The van der Waals surface area contributed by atoms with E-state index in [0.29, 0.717) is 40.5 Å². The second-order valence-corrected chi connectivity index (χ2v) is 7.56. The standard InChI is InChI=1S/C22H20ClN3O3S/c1-3-13-29-18-8-6-5-7-16(18)14-19(21(27)28)30-22-25-24-20(26(22)4-2)15-9-11-17(23)12-10-15/h3,5-12,14H,1,4,13H2,2H3,(H,27,28)/b19-14-. The lowest BCUT2D eigenvalue weighted by Crippen LogP contribution is -2.03. The van der Waals surface area contributed by atoms with Crippen LogP contribution < -0.4 is 4.74 Å². The van der Waals surface area contributed by atoms with Gasteiger partial charge in [-0.3, -0.25) is 0 Å². The number of ether oxygens (including phenoxy) is 1. The van der Waals surface area contributed by atoms with Crippen molar-refractivity contribution in [1.29, 1.82) is 0 Å². The van der Waals surface area contributed by atoms with Gasteiger partial charge >= 0.3 is 5.97 Å². The van der Waals surface area contributed by atoms with Crippen LogP contribution in [-0.4, -0.2) is 32.4 Å². The van der Waals surface area contributed by atoms with Crippen molar-refractivity contribution >= 4 is 35.4 Å². The Bertz CT molecular complexity index is 1080. The number of aliphatic carboxylic acids is 1. The van der Waals surface area contributed by atoms with Gasteiger partial charge < -0.3 is 14.4 Å². The van der Waals surface area contributed by atoms with Crippen LogP contribution in [0, 0.1) is 0 Å². The number of nitrogens with zero attached hydrogens (tertiary/aromatic N) is 3. The molecule has 3 rings (SSSR count). The van der Waals surface area contributed by atoms with Crippen molar-refractivity contribution in [3.8, 4) is 17.1 Å². The monoisotopic (exact) mass is 441 g/mol. The zero-order chi connectivity index (χ0) is 21.5. The molecule has 0 atom stereocenters. The van der Waals surface area contributed by atoms with E-state index in [2.05, 4.69) is 16.8 Å². The van der Waals surface area contributed by atoms with Crippen molar-refractivity contribution in [2.45, 2.75) is 18.6 Å². The minimum Gasteiger partial charge on any atom is -0.489 e. The molecule has 0 fully saturated rings. The summed E-state index contributed by atoms with van der Waals surface area (Å²) in [6.45, 7) is 6.50. The number of para-hydroxylation sites is 1. The molecule has 0 saturated heterocycles. The molecule has 1 aromatic heterocycles. The molecule has 0 amide bonds. The second-order valence-electron chi connectivity index (χ2n) is 6.11. The Morgan fingerprint density at radius 3 is 2.63 bits per heavy atom. The fourth-order valence-electron chi connectivity index (χ4n) is 2.72. The zero-order valence-corrected chi connectivity index (χ0v) is 17.9. The van der Waals surface area contributed by atoms with Gasteiger partial charge in [-0.1, -0.05) is 42.5 Å². The van der Waals surface area contributed by atoms with Crippen LogP contribution in [-0.2, 0) is 11.3 Å². The van der Waals surface area contributed by atoms with Crippen LogP contribution in [0.5, 0.6) is 5.75 Å². The van der Waals surface area contributed by atoms with Crippen LogP contribution in [0.3, 0.4) is 0 Å². The van der Waals surface area contributed by atoms with Crippen molar-refractivity contribution in [1.82, 2.24) is 14.8 Å². The number of rotatable bonds is 9. The molecule has 1 heterocycles. The molecular weight excluding hydrogens is 422 g/mol. The molecule has 30 heavy (non-hydrogen) atoms. The summed E-state index contributed by atoms with van der Waals surface area (Å²) in [5.41, 5.74) is 1.51. The Hall–Kier alpha value is -3.03. The summed E-state index contributed by atoms with van der Waals surface area (Å²) >= 11 is 7.01. The first kappa shape index (κ1) is 21.7. The predicted molar refractivity (Wildman–Crippen MR) is 120 cm³/mol. The smallest absolute Gasteiger partial charge is 0.342 e. The van der Waals surface area contributed by atoms with E-state index in [1.54, 1.807) is 36.4 Å². The van der Waals surface area contributed by atoms with E-state index in [-0.39, 0.29) is 4.91 Å². The SMILES string of the molecule is C=CCOc1ccccc1/C=C(\Sc1nnc(-c2ccc(Cl)cc2)n1CC)C(=O)O. The number of carbonyl (C=O) groups is 1. The molecule has 0 aliphatic heterocycles. The third-order valence-electron chi connectivity index (χ3n) is 4.11. The third-order valence-corrected chi connectivity index (χ3v) is 5.36. The number of hydrogen-bond acceptors (Lipinski definition) is 5. The maximum atomic E-state index is 11.9. The summed E-state index contributed by atoms with van der Waals surface area (Å²) in [6.07, 6.45) is 3.21. The van der Waals surface area contributed by atoms with Gasteiger partial charge in [-0.05, 0) is 55.1 Å². The number of aromatic nitrogens is 3. The highest BCUT2D eigenvalue weighted by atomic mass is 35.5. The molecule has 0 aliphatic rings. The van der Waals surface area contributed by atoms with Gasteiger partial charge in [0.2, 0.25) is 0 Å². The van der Waals surface area contributed by atoms with E-state index < -0.39 is 5.97 Å². The van der Waals surface area contributed by atoms with Crippen LogP contribution in [0.1, 0.15) is 12.5 Å². The molecule has 0 unspecified atom stereocenters. The van der Waals surface area contributed by atoms with Crippen LogP contribution in [0.25, 0.3) is 17.5 Å². The van der Waals surface area contributed by atoms with E-state index in [9.17, 15) is 9.90 Å². The summed E-state index contributed by atoms with van der Waals surface area (Å²) in [4.78, 5) is 12.0. The van der Waals surface area contributed by atoms with Crippen LogP contribution >= 0.6 is 23.4 Å². The normalized spacial score (nSPS) is 11.3. The van der Waals surface area contributed by atoms with Crippen molar-refractivity contribution in [2.75, 3.05) is 6.61 Å². The van der Waals surface area contributed by atoms with E-state index >= 15 is 0 Å². The molecule has 0 spiro atoms. The van der Waals surface area contributed by atoms with Gasteiger partial charge in [0.1, 0.15) is 17.3 Å². The summed E-state index contributed by atoms with van der Waals surface area (Å²) in [7, 11) is 0. The van der Waals surface area contributed by atoms with Crippen molar-refractivity contribution in [3.63, 3.8) is 0 Å². The topological polar surface area (TPSA) is 77.2 Å². The fourth-order valence-corrected chi connectivity index (χ4v) is 3.72. The lowest BCUT2D eigenvalue weighted by atomic mass is 10.2. The maximum absolute atomic E-state index is 11.9. The highest BCUT2D eigenvalue weighted by Gasteiger charge is 2.18. The predicted octanol–water partition coefficient (Wildman–Crippen LogP) is 5.40. The summed E-state index contributed by atoms with van der Waals surface area (Å²) in [6, 6.07) is 14.5. The molecule has 3 aromatic rings. The Kier molecular flexibility index (Phi) is 7.32. The van der Waals surface area contributed by atoms with Crippen LogP contribution in [0.4, 0.5) is 0 Å². The molecule has 6 nitrogen and oxygen atoms in total. The van der Waals surface area contributed by atoms with Gasteiger partial charge in [0, 0.05) is 22.7 Å². The summed E-state index contributed by atoms with van der Waals surface area (Å²) in [5.74, 6) is 0.170. The molecule has 0 saturated carbocycles. The number of hydrogen-bond donors (Lipinski definition) is 1. The molecule has 0 radical (unpaired) electrons. The lowest BCUT2D eigenvalue weighted by molar-refractivity contribution is -0.131. The first-order chi connectivity index (χ1) is 14.5. The van der Waals surface area contributed by atoms with Crippen LogP contribution in [0.15, 0.2) is 71.2 Å². The quantitative estimate of drug-likeness (QED) is 0.272. The van der Waals surface area contributed by atoms with Gasteiger partial charge in [0.25, 0.3) is 0 Å². The average Bonchev–Trinajstić information content (AvgIpc) is 3.15. The van der Waals surface area contributed by atoms with Gasteiger partial charge in [0.05, 0.1) is 0 Å². The van der Waals surface area contributed by atoms with E-state index in [1.807, 2.05) is 35.8 Å². The minimum absolute atomic E-state index is 0.106. The molecule has 8 heteroatoms. The Morgan fingerprint density at radius 1 is 1.23 bits per heavy atom. The van der Waals surface area contributed by atoms with E-state index in [4.69, 9.17) is 16.3 Å². The molecule has 2 aromatic carbocycles. The van der Waals surface area contributed by atoms with Crippen molar-refractivity contribution in [2.24, 2.45) is 0 Å². The summed E-state index contributed by atoms with van der Waals surface area (Å²) < 4.78 is 7.49. The molecule has 0 bridgehead atoms. The largest absolute Gasteiger partial charge is 0.489 e. The number of halogens is 1. The minimum atomic E-state index is -1.06. The van der Waals surface area contributed by atoms with Gasteiger partial charge in [0.15, 0.2) is 11.0 Å². The Balaban J connectivity index is 1.95. The molecule has 154 valence electrons. The first-order valence-electron chi connectivity index (χ1n) is 9.18. The van der Waals surface area contributed by atoms with Gasteiger partial charge in [-0.2, -0.15) is 0 Å². The number of carboxylic acid groups (broad SMARTS) is 1. The van der Waals surface area contributed by atoms with Crippen LogP contribution in [0.2, 0.25) is 5.02 Å². The summed E-state index contributed by atoms with van der Waals surface area (Å²) in [5, 5.41) is 19.4. The van der Waals surface area contributed by atoms with Gasteiger partial charge in [-0.15, -0.1) is 10.2 Å². The number of benzene rings is 2. The van der Waals surface area contributed by atoms with Crippen molar-refractivity contribution in [3.05, 3.63) is 76.7 Å². The Labute approximate surface area is 183 Å². The number of thioether (sulfide) groups is 1. The zero-order valence-electron chi connectivity index (χ0n) is 16.3. The highest BCUT2D eigenvalue weighted by Crippen LogP contribution is 2.32. The average molecular weight is 442 g/mol. The first-order valence-corrected chi connectivity index (χ1v) is 10.4. The van der Waals surface area contributed by atoms with E-state index in [0.717, 1.165) is 17.3 Å². The van der Waals surface area contributed by atoms with E-state index in [1.165, 1.54) is 0 Å². The van der Waals surface area contributed by atoms with Gasteiger partial charge in [-0.25, -0.2) is 4.79 Å². The Morgan fingerprint density at radius 2 is 1.97 bits per heavy atom. The molecule has 0 aliphatic carbocycles. The molecule has 1 N–H and O–H groups in total. The maximum Gasteiger partial charge on any atom is 0.342 e. The third kappa shape index (κ3) is 5.11. The lowest BCUT2D eigenvalue weighted by Gasteiger charge is -2.09. The fraction of sp³-hybridized carbons (Fsp3) is 0.136. The van der Waals surface area contributed by atoms with Crippen molar-refractivity contribution < 1.29 is 14.6 Å². The highest BCUT2D eigenvalue weighted by molar-refractivity contribution is 8.04. The number of carboxylic acids is 1.